The largest absolute Gasteiger partial charge is 0.322 e. The van der Waals surface area contributed by atoms with Gasteiger partial charge in [-0.25, -0.2) is 0 Å². The molecule has 33 heavy (non-hydrogen) atoms. The van der Waals surface area contributed by atoms with Gasteiger partial charge >= 0.3 is 0 Å². The van der Waals surface area contributed by atoms with Crippen LogP contribution in [-0.4, -0.2) is 11.6 Å². The fourth-order valence-electron chi connectivity index (χ4n) is 4.89. The highest BCUT2D eigenvalue weighted by molar-refractivity contribution is 7.96. The van der Waals surface area contributed by atoms with Crippen LogP contribution in [0.25, 0.3) is 0 Å². The predicted octanol–water partition coefficient (Wildman–Crippen LogP) is 5.93. The van der Waals surface area contributed by atoms with E-state index < -0.39 is 7.26 Å². The van der Waals surface area contributed by atoms with Gasteiger partial charge in [0.2, 0.25) is 0 Å². The molecule has 0 aliphatic carbocycles. The quantitative estimate of drug-likeness (QED) is 0.361. The van der Waals surface area contributed by atoms with E-state index in [0.717, 1.165) is 16.8 Å². The molecule has 4 aromatic carbocycles. The molecule has 3 heteroatoms. The summed E-state index contributed by atoms with van der Waals surface area (Å²) in [5.41, 5.74) is 4.05. The van der Waals surface area contributed by atoms with E-state index in [2.05, 4.69) is 118 Å². The highest BCUT2D eigenvalue weighted by Gasteiger charge is 2.53. The van der Waals surface area contributed by atoms with Gasteiger partial charge < -0.3 is 5.32 Å². The van der Waals surface area contributed by atoms with Crippen molar-refractivity contribution in [3.63, 3.8) is 0 Å². The molecular weight excluding hydrogens is 421 g/mol. The molecule has 0 aromatic heterocycles. The molecule has 4 rings (SSSR count). The zero-order valence-electron chi connectivity index (χ0n) is 19.7. The van der Waals surface area contributed by atoms with Crippen molar-refractivity contribution in [2.75, 3.05) is 5.32 Å². The van der Waals surface area contributed by atoms with Gasteiger partial charge in [-0.15, -0.1) is 0 Å². The summed E-state index contributed by atoms with van der Waals surface area (Å²) in [4.78, 5) is 14.0. The van der Waals surface area contributed by atoms with Crippen molar-refractivity contribution in [3.8, 4) is 0 Å². The van der Waals surface area contributed by atoms with Gasteiger partial charge in [-0.1, -0.05) is 72.3 Å². The second-order valence-corrected chi connectivity index (χ2v) is 12.4. The molecule has 1 N–H and O–H groups in total. The van der Waals surface area contributed by atoms with Crippen molar-refractivity contribution >= 4 is 34.8 Å². The fraction of sp³-hybridized carbons (Fsp3) is 0.167. The lowest BCUT2D eigenvalue weighted by Gasteiger charge is -2.32. The van der Waals surface area contributed by atoms with Crippen LogP contribution in [0.15, 0.2) is 103 Å². The van der Waals surface area contributed by atoms with Gasteiger partial charge in [0.25, 0.3) is 5.91 Å². The molecule has 0 saturated carbocycles. The Balaban J connectivity index is 1.91. The molecule has 0 bridgehead atoms. The van der Waals surface area contributed by atoms with Gasteiger partial charge in [-0.3, -0.25) is 4.79 Å². The van der Waals surface area contributed by atoms with E-state index in [-0.39, 0.29) is 11.6 Å². The number of aryl methyl sites for hydroxylation is 3. The number of nitrogens with one attached hydrogen (secondary N) is 1. The lowest BCUT2D eigenvalue weighted by molar-refractivity contribution is -0.115. The van der Waals surface area contributed by atoms with Crippen molar-refractivity contribution in [1.29, 1.82) is 0 Å². The number of carbonyl (C=O) groups is 1. The highest BCUT2D eigenvalue weighted by atomic mass is 31.2. The van der Waals surface area contributed by atoms with Gasteiger partial charge in [0.1, 0.15) is 23.2 Å². The molecule has 1 amide bonds. The Bertz CT molecular complexity index is 1120. The summed E-state index contributed by atoms with van der Waals surface area (Å²) in [5, 5.41) is 6.94. The van der Waals surface area contributed by atoms with Crippen LogP contribution in [0, 0.1) is 20.8 Å². The average molecular weight is 453 g/mol. The maximum atomic E-state index is 14.0. The first-order valence-electron chi connectivity index (χ1n) is 11.4. The Kier molecular flexibility index (Phi) is 6.77. The number of hydrogen-bond donors (Lipinski definition) is 1. The molecule has 166 valence electrons. The molecule has 2 nitrogen and oxygen atoms in total. The number of anilines is 1. The lowest BCUT2D eigenvalue weighted by Crippen LogP contribution is -2.43. The summed E-state index contributed by atoms with van der Waals surface area (Å²) < 4.78 is 0. The van der Waals surface area contributed by atoms with E-state index >= 15 is 0 Å². The fourth-order valence-corrected chi connectivity index (χ4v) is 9.47. The molecule has 0 spiro atoms. The third kappa shape index (κ3) is 4.36. The summed E-state index contributed by atoms with van der Waals surface area (Å²) in [6, 6.07) is 35.9. The van der Waals surface area contributed by atoms with Crippen molar-refractivity contribution in [1.82, 2.24) is 0 Å². The van der Waals surface area contributed by atoms with E-state index in [9.17, 15) is 4.79 Å². The van der Waals surface area contributed by atoms with E-state index in [1.165, 1.54) is 21.5 Å². The minimum absolute atomic E-state index is 0.0509. The van der Waals surface area contributed by atoms with Crippen LogP contribution in [0.4, 0.5) is 5.69 Å². The van der Waals surface area contributed by atoms with Crippen molar-refractivity contribution in [2.24, 2.45) is 0 Å². The minimum atomic E-state index is -2.29. The number of amides is 1. The monoisotopic (exact) mass is 452 g/mol. The van der Waals surface area contributed by atoms with E-state index in [0.29, 0.717) is 0 Å². The van der Waals surface area contributed by atoms with Crippen LogP contribution in [-0.2, 0) is 4.79 Å². The van der Waals surface area contributed by atoms with Crippen molar-refractivity contribution < 1.29 is 4.79 Å². The van der Waals surface area contributed by atoms with Crippen LogP contribution in [0.2, 0.25) is 0 Å². The van der Waals surface area contributed by atoms with Crippen LogP contribution >= 0.6 is 7.26 Å². The lowest BCUT2D eigenvalue weighted by atomic mass is 10.1. The van der Waals surface area contributed by atoms with Gasteiger partial charge in [0, 0.05) is 5.69 Å². The normalized spacial score (nSPS) is 12.2. The number of benzene rings is 4. The Labute approximate surface area is 198 Å². The first kappa shape index (κ1) is 23.0. The number of carbonyl (C=O) groups excluding carboxylic acids is 1. The topological polar surface area (TPSA) is 29.1 Å². The van der Waals surface area contributed by atoms with Gasteiger partial charge in [0.05, 0.1) is 0 Å². The molecular formula is C30H31NOP+. The van der Waals surface area contributed by atoms with Crippen molar-refractivity contribution in [2.45, 2.75) is 33.4 Å². The van der Waals surface area contributed by atoms with E-state index in [1.54, 1.807) is 0 Å². The summed E-state index contributed by atoms with van der Waals surface area (Å²) in [6.07, 6.45) is 0. The molecule has 0 aliphatic rings. The second kappa shape index (κ2) is 9.73. The van der Waals surface area contributed by atoms with E-state index in [1.807, 2.05) is 18.2 Å². The Hall–Kier alpha value is -3.22. The molecule has 0 fully saturated rings. The number of hydrogen-bond acceptors (Lipinski definition) is 1. The summed E-state index contributed by atoms with van der Waals surface area (Å²) in [5.74, 6) is 0.0509. The number of rotatable bonds is 6. The summed E-state index contributed by atoms with van der Waals surface area (Å²) in [7, 11) is -2.29. The molecule has 4 aromatic rings. The van der Waals surface area contributed by atoms with Crippen LogP contribution in [0.1, 0.15) is 23.6 Å². The molecule has 1 unspecified atom stereocenters. The van der Waals surface area contributed by atoms with Gasteiger partial charge in [0.15, 0.2) is 5.66 Å². The maximum absolute atomic E-state index is 14.0. The predicted molar refractivity (Wildman–Crippen MR) is 144 cm³/mol. The van der Waals surface area contributed by atoms with Crippen LogP contribution in [0.3, 0.4) is 0 Å². The molecule has 0 saturated heterocycles. The van der Waals surface area contributed by atoms with Crippen LogP contribution in [0.5, 0.6) is 0 Å². The summed E-state index contributed by atoms with van der Waals surface area (Å²) >= 11 is 0. The first-order valence-corrected chi connectivity index (χ1v) is 13.2. The average Bonchev–Trinajstić information content (AvgIpc) is 2.84. The second-order valence-electron chi connectivity index (χ2n) is 8.67. The molecule has 1 atom stereocenters. The minimum Gasteiger partial charge on any atom is -0.322 e. The van der Waals surface area contributed by atoms with Gasteiger partial charge in [-0.2, -0.15) is 0 Å². The Morgan fingerprint density at radius 3 is 1.39 bits per heavy atom. The van der Waals surface area contributed by atoms with E-state index in [4.69, 9.17) is 0 Å². The zero-order valence-corrected chi connectivity index (χ0v) is 20.6. The third-order valence-electron chi connectivity index (χ3n) is 6.38. The Morgan fingerprint density at radius 1 is 0.667 bits per heavy atom. The SMILES string of the molecule is Cc1cc(C)c(NC(=O)C(C)[P+](c2ccccc2)(c2ccccc2)c2ccccc2)c(C)c1. The summed E-state index contributed by atoms with van der Waals surface area (Å²) in [6.45, 7) is 8.31. The first-order chi connectivity index (χ1) is 15.9. The molecule has 0 radical (unpaired) electrons. The Morgan fingerprint density at radius 2 is 1.03 bits per heavy atom. The molecule has 0 aliphatic heterocycles. The highest BCUT2D eigenvalue weighted by Crippen LogP contribution is 2.59. The zero-order chi connectivity index (χ0) is 23.4. The van der Waals surface area contributed by atoms with Gasteiger partial charge in [-0.05, 0) is 75.2 Å². The molecule has 0 heterocycles. The van der Waals surface area contributed by atoms with Crippen molar-refractivity contribution in [3.05, 3.63) is 120 Å². The maximum Gasteiger partial charge on any atom is 0.266 e. The third-order valence-corrected chi connectivity index (χ3v) is 11.1. The van der Waals surface area contributed by atoms with Crippen LogP contribution < -0.4 is 21.2 Å². The smallest absolute Gasteiger partial charge is 0.266 e. The standard InChI is InChI=1S/C30H30NOP/c1-22-20-23(2)29(24(3)21-22)31-30(32)25(4)33(26-14-8-5-9-15-26,27-16-10-6-11-17-27)28-18-12-7-13-19-28/h5-21,25H,1-4H3/p+1.